The van der Waals surface area contributed by atoms with E-state index in [1.165, 1.54) is 5.56 Å². The first kappa shape index (κ1) is 18.9. The van der Waals surface area contributed by atoms with E-state index in [2.05, 4.69) is 31.0 Å². The summed E-state index contributed by atoms with van der Waals surface area (Å²) < 4.78 is 11.7. The maximum atomic E-state index is 13.0. The first-order valence-electron chi connectivity index (χ1n) is 9.70. The van der Waals surface area contributed by atoms with Crippen LogP contribution in [0.3, 0.4) is 0 Å². The van der Waals surface area contributed by atoms with Crippen LogP contribution in [0.15, 0.2) is 71.4 Å². The number of carbonyl (C=O) groups is 1. The van der Waals surface area contributed by atoms with Gasteiger partial charge in [-0.1, -0.05) is 38.1 Å². The number of carbonyl (C=O) groups excluding carboxylic acids is 1. The lowest BCUT2D eigenvalue weighted by molar-refractivity contribution is 0.0994. The number of furan rings is 1. The molecule has 0 aliphatic rings. The molecule has 0 atom stereocenters. The van der Waals surface area contributed by atoms with Crippen molar-refractivity contribution in [3.05, 3.63) is 83.7 Å². The predicted molar refractivity (Wildman–Crippen MR) is 115 cm³/mol. The first-order valence-corrected chi connectivity index (χ1v) is 9.70. The summed E-state index contributed by atoms with van der Waals surface area (Å²) in [5.74, 6) is 1.75. The van der Waals surface area contributed by atoms with Gasteiger partial charge < -0.3 is 9.15 Å². The highest BCUT2D eigenvalue weighted by Crippen LogP contribution is 2.38. The Morgan fingerprint density at radius 2 is 1.83 bits per heavy atom. The second-order valence-corrected chi connectivity index (χ2v) is 7.37. The quantitative estimate of drug-likeness (QED) is 0.379. The number of benzene rings is 2. The lowest BCUT2D eigenvalue weighted by Gasteiger charge is -2.10. The van der Waals surface area contributed by atoms with Gasteiger partial charge in [-0.2, -0.15) is 0 Å². The Balaban J connectivity index is 1.83. The molecule has 0 N–H and O–H groups in total. The van der Waals surface area contributed by atoms with Gasteiger partial charge in [0.05, 0.1) is 7.11 Å². The van der Waals surface area contributed by atoms with Crippen molar-refractivity contribution in [3.63, 3.8) is 0 Å². The number of aromatic nitrogens is 1. The number of hydrogen-bond donors (Lipinski definition) is 0. The minimum absolute atomic E-state index is 0.0355. The van der Waals surface area contributed by atoms with Crippen LogP contribution in [-0.4, -0.2) is 17.9 Å². The van der Waals surface area contributed by atoms with Crippen LogP contribution in [0.2, 0.25) is 0 Å². The highest BCUT2D eigenvalue weighted by atomic mass is 16.5. The fourth-order valence-corrected chi connectivity index (χ4v) is 3.64. The van der Waals surface area contributed by atoms with Gasteiger partial charge in [0, 0.05) is 35.3 Å². The zero-order chi connectivity index (χ0) is 20.4. The standard InChI is InChI=1S/C25H23NO3/c1-16(2)18-6-4-5-7-20(18)24-15-21-19(8-9-23(28-3)25(21)29-24)22(27)14-17-10-12-26-13-11-17/h4-13,15-16H,14H2,1-3H3. The van der Waals surface area contributed by atoms with Crippen molar-refractivity contribution in [3.8, 4) is 17.1 Å². The molecule has 2 aromatic heterocycles. The number of ether oxygens (including phenoxy) is 1. The third-order valence-corrected chi connectivity index (χ3v) is 5.13. The first-order chi connectivity index (χ1) is 14.1. The van der Waals surface area contributed by atoms with E-state index in [0.717, 1.165) is 22.3 Å². The van der Waals surface area contributed by atoms with Crippen LogP contribution in [0.25, 0.3) is 22.3 Å². The molecule has 29 heavy (non-hydrogen) atoms. The Morgan fingerprint density at radius 1 is 1.07 bits per heavy atom. The third-order valence-electron chi connectivity index (χ3n) is 5.13. The van der Waals surface area contributed by atoms with E-state index in [1.807, 2.05) is 36.4 Å². The fraction of sp³-hybridized carbons (Fsp3) is 0.200. The maximum Gasteiger partial charge on any atom is 0.177 e. The molecule has 0 aliphatic carbocycles. The molecule has 2 heterocycles. The monoisotopic (exact) mass is 385 g/mol. The number of rotatable bonds is 6. The van der Waals surface area contributed by atoms with E-state index in [9.17, 15) is 4.79 Å². The summed E-state index contributed by atoms with van der Waals surface area (Å²) >= 11 is 0. The highest BCUT2D eigenvalue weighted by Gasteiger charge is 2.20. The van der Waals surface area contributed by atoms with Gasteiger partial charge in [0.2, 0.25) is 0 Å². The Labute approximate surface area is 170 Å². The molecule has 4 rings (SSSR count). The Kier molecular flexibility index (Phi) is 5.17. The fourth-order valence-electron chi connectivity index (χ4n) is 3.64. The van der Waals surface area contributed by atoms with Crippen LogP contribution in [0, 0.1) is 0 Å². The van der Waals surface area contributed by atoms with Gasteiger partial charge in [-0.15, -0.1) is 0 Å². The smallest absolute Gasteiger partial charge is 0.177 e. The Hall–Kier alpha value is -3.40. The van der Waals surface area contributed by atoms with Gasteiger partial charge >= 0.3 is 0 Å². The Morgan fingerprint density at radius 3 is 2.55 bits per heavy atom. The molecule has 2 aromatic carbocycles. The van der Waals surface area contributed by atoms with Crippen LogP contribution < -0.4 is 4.74 Å². The van der Waals surface area contributed by atoms with Crippen molar-refractivity contribution >= 4 is 16.8 Å². The van der Waals surface area contributed by atoms with Crippen molar-refractivity contribution in [1.82, 2.24) is 4.98 Å². The molecule has 0 aliphatic heterocycles. The number of Topliss-reactive ketones (excluding diaryl/α,β-unsaturated/α-hetero) is 1. The minimum atomic E-state index is 0.0355. The molecule has 0 saturated carbocycles. The minimum Gasteiger partial charge on any atom is -0.493 e. The second kappa shape index (κ2) is 7.92. The number of methoxy groups -OCH3 is 1. The van der Waals surface area contributed by atoms with Crippen LogP contribution in [0.5, 0.6) is 5.75 Å². The van der Waals surface area contributed by atoms with Crippen LogP contribution >= 0.6 is 0 Å². The maximum absolute atomic E-state index is 13.0. The van der Waals surface area contributed by atoms with E-state index >= 15 is 0 Å². The second-order valence-electron chi connectivity index (χ2n) is 7.37. The summed E-state index contributed by atoms with van der Waals surface area (Å²) in [5, 5.41) is 0.775. The summed E-state index contributed by atoms with van der Waals surface area (Å²) in [6.07, 6.45) is 3.71. The summed E-state index contributed by atoms with van der Waals surface area (Å²) in [6, 6.07) is 17.5. The van der Waals surface area contributed by atoms with E-state index in [1.54, 1.807) is 25.6 Å². The van der Waals surface area contributed by atoms with Crippen molar-refractivity contribution in [2.75, 3.05) is 7.11 Å². The molecular formula is C25H23NO3. The number of hydrogen-bond acceptors (Lipinski definition) is 4. The van der Waals surface area contributed by atoms with Gasteiger partial charge in [-0.3, -0.25) is 9.78 Å². The molecule has 0 unspecified atom stereocenters. The SMILES string of the molecule is COc1ccc(C(=O)Cc2ccncc2)c2cc(-c3ccccc3C(C)C)oc12. The Bertz CT molecular complexity index is 1160. The molecule has 0 bridgehead atoms. The zero-order valence-electron chi connectivity index (χ0n) is 16.8. The lowest BCUT2D eigenvalue weighted by Crippen LogP contribution is -2.04. The van der Waals surface area contributed by atoms with Crippen molar-refractivity contribution in [2.24, 2.45) is 0 Å². The van der Waals surface area contributed by atoms with Crippen LogP contribution in [0.4, 0.5) is 0 Å². The summed E-state index contributed by atoms with van der Waals surface area (Å²) in [7, 11) is 1.61. The predicted octanol–water partition coefficient (Wildman–Crippen LogP) is 6.05. The van der Waals surface area contributed by atoms with Gasteiger partial charge in [0.1, 0.15) is 5.76 Å². The van der Waals surface area contributed by atoms with E-state index in [0.29, 0.717) is 29.2 Å². The van der Waals surface area contributed by atoms with Crippen molar-refractivity contribution < 1.29 is 13.9 Å². The van der Waals surface area contributed by atoms with E-state index in [4.69, 9.17) is 9.15 Å². The topological polar surface area (TPSA) is 52.3 Å². The van der Waals surface area contributed by atoms with Crippen LogP contribution in [0.1, 0.15) is 41.3 Å². The molecule has 146 valence electrons. The van der Waals surface area contributed by atoms with Crippen molar-refractivity contribution in [1.29, 1.82) is 0 Å². The van der Waals surface area contributed by atoms with Gasteiger partial charge in [-0.05, 0) is 47.4 Å². The number of fused-ring (bicyclic) bond motifs is 1. The van der Waals surface area contributed by atoms with E-state index < -0.39 is 0 Å². The molecule has 4 heteroatoms. The molecule has 0 amide bonds. The normalized spacial score (nSPS) is 11.2. The molecule has 0 spiro atoms. The summed E-state index contributed by atoms with van der Waals surface area (Å²) in [4.78, 5) is 17.1. The average Bonchev–Trinajstić information content (AvgIpc) is 3.19. The molecule has 0 fully saturated rings. The average molecular weight is 385 g/mol. The van der Waals surface area contributed by atoms with E-state index in [-0.39, 0.29) is 5.78 Å². The summed E-state index contributed by atoms with van der Waals surface area (Å²) in [5.41, 5.74) is 4.41. The molecule has 4 nitrogen and oxygen atoms in total. The van der Waals surface area contributed by atoms with Gasteiger partial charge in [0.15, 0.2) is 17.1 Å². The molecule has 0 radical (unpaired) electrons. The van der Waals surface area contributed by atoms with Crippen molar-refractivity contribution in [2.45, 2.75) is 26.2 Å². The largest absolute Gasteiger partial charge is 0.493 e. The molecular weight excluding hydrogens is 362 g/mol. The molecule has 4 aromatic rings. The molecule has 0 saturated heterocycles. The van der Waals surface area contributed by atoms with Gasteiger partial charge in [-0.25, -0.2) is 0 Å². The van der Waals surface area contributed by atoms with Crippen LogP contribution in [-0.2, 0) is 6.42 Å². The zero-order valence-corrected chi connectivity index (χ0v) is 16.8. The lowest BCUT2D eigenvalue weighted by atomic mass is 9.95. The highest BCUT2D eigenvalue weighted by molar-refractivity contribution is 6.10. The number of pyridine rings is 1. The number of nitrogens with zero attached hydrogens (tertiary/aromatic N) is 1. The van der Waals surface area contributed by atoms with Gasteiger partial charge in [0.25, 0.3) is 0 Å². The number of ketones is 1. The summed E-state index contributed by atoms with van der Waals surface area (Å²) in [6.45, 7) is 4.32. The third kappa shape index (κ3) is 3.66.